The Balaban J connectivity index is 1.30. The van der Waals surface area contributed by atoms with E-state index in [0.717, 1.165) is 34.7 Å². The summed E-state index contributed by atoms with van der Waals surface area (Å²) in [5.41, 5.74) is 9.25. The lowest BCUT2D eigenvalue weighted by Gasteiger charge is -2.35. The molecule has 4 N–H and O–H groups in total. The average molecular weight is 649 g/mol. The van der Waals surface area contributed by atoms with Crippen LogP contribution in [0.2, 0.25) is 0 Å². The van der Waals surface area contributed by atoms with Crippen LogP contribution < -0.4 is 21.3 Å². The zero-order valence-electron chi connectivity index (χ0n) is 25.9. The molecule has 242 valence electrons. The van der Waals surface area contributed by atoms with Crippen LogP contribution in [-0.2, 0) is 9.47 Å². The van der Waals surface area contributed by atoms with Crippen molar-refractivity contribution in [3.05, 3.63) is 58.7 Å². The van der Waals surface area contributed by atoms with Crippen LogP contribution in [0.25, 0.3) is 21.6 Å². The van der Waals surface area contributed by atoms with Gasteiger partial charge in [-0.2, -0.15) is 5.26 Å². The molecule has 0 spiro atoms. The van der Waals surface area contributed by atoms with E-state index in [1.54, 1.807) is 37.8 Å². The first-order valence-corrected chi connectivity index (χ1v) is 16.2. The number of carbonyl (C=O) groups is 2. The first kappa shape index (κ1) is 31.7. The van der Waals surface area contributed by atoms with E-state index in [1.165, 1.54) is 23.5 Å². The highest BCUT2D eigenvalue weighted by Gasteiger charge is 2.34. The molecule has 2 aromatic carbocycles. The molecule has 0 saturated carbocycles. The molecular formula is C33H37FN6O5S. The van der Waals surface area contributed by atoms with Crippen LogP contribution >= 0.6 is 11.3 Å². The number of hydrazine groups is 2. The van der Waals surface area contributed by atoms with Gasteiger partial charge in [-0.1, -0.05) is 12.1 Å². The molecule has 0 unspecified atom stereocenters. The summed E-state index contributed by atoms with van der Waals surface area (Å²) in [6.45, 7) is 7.18. The predicted octanol–water partition coefficient (Wildman–Crippen LogP) is 5.02. The molecule has 2 fully saturated rings. The standard InChI is InChI=1S/C33H37FN6O5S/c1-33(2,3)45-32(43)36-22-5-4-11-39(17-22)31(42)29-15-23(19-6-7-21(16-35)24(34)13-19)30(46-29)20-8-9-26-25(14-20)37-38-40(26)27-18-44-12-10-28(27)41/h6-9,13-15,22,27-28,37-38,41H,4-5,10-12,17-18H2,1-3H3,(H,36,43)/t22-,27+,28+/m1/s1. The van der Waals surface area contributed by atoms with Crippen LogP contribution in [-0.4, -0.2) is 72.1 Å². The number of halogens is 1. The molecule has 0 radical (unpaired) electrons. The number of alkyl carbamates (subject to hydrolysis) is 1. The highest BCUT2D eigenvalue weighted by atomic mass is 32.1. The van der Waals surface area contributed by atoms with E-state index in [0.29, 0.717) is 48.7 Å². The number of thiophene rings is 1. The summed E-state index contributed by atoms with van der Waals surface area (Å²) in [7, 11) is 0. The van der Waals surface area contributed by atoms with Crippen LogP contribution in [0.15, 0.2) is 42.5 Å². The number of aliphatic hydroxyl groups is 1. The number of carbonyl (C=O) groups excluding carboxylic acids is 2. The Morgan fingerprint density at radius 2 is 1.98 bits per heavy atom. The lowest BCUT2D eigenvalue weighted by molar-refractivity contribution is -0.00778. The maximum atomic E-state index is 14.8. The van der Waals surface area contributed by atoms with Crippen LogP contribution in [0.5, 0.6) is 0 Å². The summed E-state index contributed by atoms with van der Waals surface area (Å²) in [4.78, 5) is 29.3. The van der Waals surface area contributed by atoms with Gasteiger partial charge < -0.3 is 30.2 Å². The van der Waals surface area contributed by atoms with Gasteiger partial charge in [-0.3, -0.25) is 9.80 Å². The zero-order chi connectivity index (χ0) is 32.6. The van der Waals surface area contributed by atoms with Crippen LogP contribution in [0.3, 0.4) is 0 Å². The number of amides is 2. The molecule has 3 aliphatic rings. The third-order valence-corrected chi connectivity index (χ3v) is 9.40. The van der Waals surface area contributed by atoms with E-state index in [1.807, 2.05) is 29.3 Å². The first-order valence-electron chi connectivity index (χ1n) is 15.3. The van der Waals surface area contributed by atoms with Gasteiger partial charge in [0.05, 0.1) is 40.6 Å². The number of piperidine rings is 1. The van der Waals surface area contributed by atoms with E-state index in [-0.39, 0.29) is 23.6 Å². The summed E-state index contributed by atoms with van der Waals surface area (Å²) in [5.74, 6) is -0.818. The average Bonchev–Trinajstić information content (AvgIpc) is 3.65. The van der Waals surface area contributed by atoms with Gasteiger partial charge in [0.25, 0.3) is 5.91 Å². The van der Waals surface area contributed by atoms with Crippen molar-refractivity contribution in [3.63, 3.8) is 0 Å². The molecule has 1 aromatic heterocycles. The molecule has 2 saturated heterocycles. The van der Waals surface area contributed by atoms with Gasteiger partial charge in [-0.05, 0) is 81.5 Å². The van der Waals surface area contributed by atoms with E-state index in [2.05, 4.69) is 16.3 Å². The van der Waals surface area contributed by atoms with Crippen molar-refractivity contribution < 1.29 is 28.6 Å². The maximum Gasteiger partial charge on any atom is 0.407 e. The normalized spacial score (nSPS) is 21.3. The smallest absolute Gasteiger partial charge is 0.407 e. The Labute approximate surface area is 270 Å². The molecule has 46 heavy (non-hydrogen) atoms. The van der Waals surface area contributed by atoms with Crippen molar-refractivity contribution in [3.8, 4) is 27.6 Å². The molecule has 13 heteroatoms. The number of anilines is 2. The lowest BCUT2D eigenvalue weighted by Crippen LogP contribution is -2.54. The third kappa shape index (κ3) is 6.66. The monoisotopic (exact) mass is 648 g/mol. The second-order valence-corrected chi connectivity index (χ2v) is 13.8. The lowest BCUT2D eigenvalue weighted by atomic mass is 9.99. The number of nitriles is 1. The molecule has 0 aliphatic carbocycles. The third-order valence-electron chi connectivity index (χ3n) is 8.22. The number of benzene rings is 2. The van der Waals surface area contributed by atoms with E-state index < -0.39 is 23.6 Å². The Kier molecular flexibility index (Phi) is 8.89. The molecule has 2 amide bonds. The van der Waals surface area contributed by atoms with Gasteiger partial charge in [0.15, 0.2) is 0 Å². The SMILES string of the molecule is CC(C)(C)OC(=O)N[C@@H]1CCCN(C(=O)c2cc(-c3ccc(C#N)c(F)c3)c(-c3ccc4c(c3)NNN4[C@H]3COCC[C@@H]3O)s2)C1. The summed E-state index contributed by atoms with van der Waals surface area (Å²) in [5, 5.41) is 24.6. The molecule has 3 atom stereocenters. The fraction of sp³-hybridized carbons (Fsp3) is 0.424. The van der Waals surface area contributed by atoms with Crippen molar-refractivity contribution in [2.45, 2.75) is 63.8 Å². The topological polar surface area (TPSA) is 139 Å². The molecule has 0 bridgehead atoms. The van der Waals surface area contributed by atoms with E-state index in [9.17, 15) is 24.3 Å². The number of hydrogen-bond acceptors (Lipinski definition) is 10. The molecule has 3 aromatic rings. The number of nitrogens with one attached hydrogen (secondary N) is 3. The number of aliphatic hydroxyl groups excluding tert-OH is 1. The van der Waals surface area contributed by atoms with Crippen molar-refractivity contribution in [2.75, 3.05) is 36.7 Å². The van der Waals surface area contributed by atoms with Gasteiger partial charge in [-0.25, -0.2) is 9.18 Å². The minimum Gasteiger partial charge on any atom is -0.444 e. The zero-order valence-corrected chi connectivity index (χ0v) is 26.7. The molecule has 4 heterocycles. The van der Waals surface area contributed by atoms with Crippen molar-refractivity contribution in [1.82, 2.24) is 15.8 Å². The predicted molar refractivity (Wildman–Crippen MR) is 173 cm³/mol. The Hall–Kier alpha value is -4.22. The maximum absolute atomic E-state index is 14.8. The van der Waals surface area contributed by atoms with Crippen LogP contribution in [0, 0.1) is 17.1 Å². The van der Waals surface area contributed by atoms with Gasteiger partial charge in [0.1, 0.15) is 17.5 Å². The summed E-state index contributed by atoms with van der Waals surface area (Å²) in [6, 6.07) is 13.4. The minimum absolute atomic E-state index is 0.0598. The van der Waals surface area contributed by atoms with Crippen LogP contribution in [0.1, 0.15) is 55.3 Å². The van der Waals surface area contributed by atoms with Gasteiger partial charge in [-0.15, -0.1) is 16.9 Å². The van der Waals surface area contributed by atoms with Gasteiger partial charge in [0, 0.05) is 36.2 Å². The first-order chi connectivity index (χ1) is 22.0. The Bertz CT molecular complexity index is 1680. The van der Waals surface area contributed by atoms with Crippen molar-refractivity contribution in [1.29, 1.82) is 5.26 Å². The minimum atomic E-state index is -0.638. The second kappa shape index (κ2) is 12.9. The number of rotatable bonds is 5. The summed E-state index contributed by atoms with van der Waals surface area (Å²) >= 11 is 1.31. The summed E-state index contributed by atoms with van der Waals surface area (Å²) < 4.78 is 25.8. The number of likely N-dealkylation sites (tertiary alicyclic amines) is 1. The van der Waals surface area contributed by atoms with E-state index in [4.69, 9.17) is 9.47 Å². The largest absolute Gasteiger partial charge is 0.444 e. The second-order valence-electron chi connectivity index (χ2n) is 12.7. The molecule has 6 rings (SSSR count). The summed E-state index contributed by atoms with van der Waals surface area (Å²) in [6.07, 6.45) is 0.928. The highest BCUT2D eigenvalue weighted by molar-refractivity contribution is 7.18. The number of hydrogen-bond donors (Lipinski definition) is 4. The molecule has 11 nitrogen and oxygen atoms in total. The number of ether oxygens (including phenoxy) is 2. The van der Waals surface area contributed by atoms with Crippen LogP contribution in [0.4, 0.5) is 20.6 Å². The van der Waals surface area contributed by atoms with Gasteiger partial charge in [0.2, 0.25) is 0 Å². The van der Waals surface area contributed by atoms with Crippen molar-refractivity contribution >= 4 is 34.7 Å². The van der Waals surface area contributed by atoms with E-state index >= 15 is 0 Å². The molecule has 3 aliphatic heterocycles. The Morgan fingerprint density at radius 1 is 1.17 bits per heavy atom. The highest BCUT2D eigenvalue weighted by Crippen LogP contribution is 2.43. The Morgan fingerprint density at radius 3 is 2.72 bits per heavy atom. The number of fused-ring (bicyclic) bond motifs is 1. The quantitative estimate of drug-likeness (QED) is 0.300. The van der Waals surface area contributed by atoms with Crippen molar-refractivity contribution in [2.24, 2.45) is 0 Å². The fourth-order valence-electron chi connectivity index (χ4n) is 6.00. The number of nitrogens with zero attached hydrogens (tertiary/aromatic N) is 3. The molecular weight excluding hydrogens is 611 g/mol. The van der Waals surface area contributed by atoms with Gasteiger partial charge >= 0.3 is 6.09 Å². The fourth-order valence-corrected chi connectivity index (χ4v) is 7.14.